The zero-order valence-electron chi connectivity index (χ0n) is 12.0. The van der Waals surface area contributed by atoms with Gasteiger partial charge in [0.05, 0.1) is 11.7 Å². The first-order chi connectivity index (χ1) is 10.8. The van der Waals surface area contributed by atoms with Crippen LogP contribution in [0, 0.1) is 0 Å². The molecule has 2 bridgehead atoms. The lowest BCUT2D eigenvalue weighted by Gasteiger charge is -2.46. The fraction of sp³-hybridized carbons (Fsp3) is 0.333. The Labute approximate surface area is 127 Å². The Balaban J connectivity index is 1.93. The van der Waals surface area contributed by atoms with E-state index in [1.165, 1.54) is 6.33 Å². The van der Waals surface area contributed by atoms with Crippen molar-refractivity contribution in [2.45, 2.75) is 18.9 Å². The first kappa shape index (κ1) is 13.0. The summed E-state index contributed by atoms with van der Waals surface area (Å²) >= 11 is 0. The van der Waals surface area contributed by atoms with Gasteiger partial charge in [-0.05, 0) is 18.9 Å². The van der Waals surface area contributed by atoms with Gasteiger partial charge in [-0.2, -0.15) is 0 Å². The molecule has 1 atom stereocenters. The number of rotatable bonds is 1. The summed E-state index contributed by atoms with van der Waals surface area (Å²) in [5, 5.41) is 0. The zero-order valence-corrected chi connectivity index (χ0v) is 12.0. The van der Waals surface area contributed by atoms with Gasteiger partial charge >= 0.3 is 6.03 Å². The van der Waals surface area contributed by atoms with E-state index < -0.39 is 6.03 Å². The number of carbonyl (C=O) groups excluding carboxylic acids is 1. The van der Waals surface area contributed by atoms with Crippen molar-refractivity contribution in [1.82, 2.24) is 15.0 Å². The molecule has 4 rings (SSSR count). The third-order valence-electron chi connectivity index (χ3n) is 4.32. The van der Waals surface area contributed by atoms with Crippen LogP contribution in [0.5, 0.6) is 0 Å². The molecule has 1 saturated heterocycles. The summed E-state index contributed by atoms with van der Waals surface area (Å²) in [6.45, 7) is 1.75. The average Bonchev–Trinajstić information content (AvgIpc) is 2.55. The van der Waals surface area contributed by atoms with Crippen LogP contribution in [-0.4, -0.2) is 40.1 Å². The molecule has 1 fully saturated rings. The van der Waals surface area contributed by atoms with Gasteiger partial charge in [0, 0.05) is 42.8 Å². The molecular weight excluding hydrogens is 280 g/mol. The molecule has 0 aromatic carbocycles. The summed E-state index contributed by atoms with van der Waals surface area (Å²) in [7, 11) is 0. The van der Waals surface area contributed by atoms with Crippen molar-refractivity contribution in [3.05, 3.63) is 31.0 Å². The molecule has 0 spiro atoms. The maximum absolute atomic E-state index is 11.9. The van der Waals surface area contributed by atoms with Crippen molar-refractivity contribution in [3.63, 3.8) is 0 Å². The number of amides is 2. The van der Waals surface area contributed by atoms with Crippen molar-refractivity contribution < 1.29 is 4.79 Å². The van der Waals surface area contributed by atoms with Crippen LogP contribution in [0.1, 0.15) is 12.8 Å². The topological polar surface area (TPSA) is 88.2 Å². The number of urea groups is 1. The number of primary amides is 1. The van der Waals surface area contributed by atoms with E-state index in [2.05, 4.69) is 19.9 Å². The number of carbonyl (C=O) groups is 1. The molecule has 112 valence electrons. The smallest absolute Gasteiger partial charge is 0.320 e. The fourth-order valence-electron chi connectivity index (χ4n) is 3.43. The summed E-state index contributed by atoms with van der Waals surface area (Å²) in [6.07, 6.45) is 8.75. The number of hydrogen-bond acceptors (Lipinski definition) is 5. The third-order valence-corrected chi connectivity index (χ3v) is 4.32. The predicted molar refractivity (Wildman–Crippen MR) is 82.6 cm³/mol. The Morgan fingerprint density at radius 1 is 1.32 bits per heavy atom. The van der Waals surface area contributed by atoms with Crippen LogP contribution in [-0.2, 0) is 0 Å². The molecule has 22 heavy (non-hydrogen) atoms. The van der Waals surface area contributed by atoms with Gasteiger partial charge in [0.15, 0.2) is 5.82 Å². The van der Waals surface area contributed by atoms with E-state index in [1.807, 2.05) is 6.07 Å². The minimum atomic E-state index is -0.443. The zero-order chi connectivity index (χ0) is 15.1. The van der Waals surface area contributed by atoms with Gasteiger partial charge in [-0.1, -0.05) is 0 Å². The number of nitrogens with zero attached hydrogens (tertiary/aromatic N) is 5. The standard InChI is InChI=1S/C15H16N6O/c16-15(22)21-11-2-1-5-20(8-11)13-12(3-4-19-14(13)21)10-6-17-9-18-7-10/h3-4,6-7,9,11H,1-2,5,8H2,(H2,16,22). The molecule has 0 radical (unpaired) electrons. The highest BCUT2D eigenvalue weighted by atomic mass is 16.2. The van der Waals surface area contributed by atoms with E-state index in [0.717, 1.165) is 42.7 Å². The van der Waals surface area contributed by atoms with Crippen molar-refractivity contribution >= 4 is 17.5 Å². The van der Waals surface area contributed by atoms with Crippen molar-refractivity contribution in [3.8, 4) is 11.1 Å². The average molecular weight is 296 g/mol. The molecule has 2 aliphatic rings. The number of anilines is 2. The lowest BCUT2D eigenvalue weighted by atomic mass is 9.96. The van der Waals surface area contributed by atoms with E-state index in [1.54, 1.807) is 23.5 Å². The largest absolute Gasteiger partial charge is 0.366 e. The summed E-state index contributed by atoms with van der Waals surface area (Å²) in [4.78, 5) is 28.5. The summed E-state index contributed by atoms with van der Waals surface area (Å²) in [5.41, 5.74) is 8.46. The van der Waals surface area contributed by atoms with Crippen LogP contribution in [0.3, 0.4) is 0 Å². The second-order valence-electron chi connectivity index (χ2n) is 5.61. The van der Waals surface area contributed by atoms with Crippen LogP contribution in [0.2, 0.25) is 0 Å². The van der Waals surface area contributed by atoms with Crippen LogP contribution >= 0.6 is 0 Å². The number of aromatic nitrogens is 3. The van der Waals surface area contributed by atoms with Crippen LogP contribution in [0.15, 0.2) is 31.0 Å². The molecule has 2 amide bonds. The number of piperidine rings is 1. The van der Waals surface area contributed by atoms with E-state index in [-0.39, 0.29) is 6.04 Å². The van der Waals surface area contributed by atoms with Gasteiger partial charge in [0.25, 0.3) is 0 Å². The highest BCUT2D eigenvalue weighted by Gasteiger charge is 2.38. The molecule has 4 heterocycles. The quantitative estimate of drug-likeness (QED) is 0.859. The van der Waals surface area contributed by atoms with Crippen molar-refractivity contribution in [1.29, 1.82) is 0 Å². The summed E-state index contributed by atoms with van der Waals surface area (Å²) in [5.74, 6) is 0.643. The first-order valence-corrected chi connectivity index (χ1v) is 7.33. The predicted octanol–water partition coefficient (Wildman–Crippen LogP) is 1.41. The second kappa shape index (κ2) is 4.94. The summed E-state index contributed by atoms with van der Waals surface area (Å²) < 4.78 is 0. The van der Waals surface area contributed by atoms with Gasteiger partial charge in [-0.15, -0.1) is 0 Å². The Hall–Kier alpha value is -2.70. The van der Waals surface area contributed by atoms with Gasteiger partial charge in [0.2, 0.25) is 0 Å². The highest BCUT2D eigenvalue weighted by Crippen LogP contribution is 2.43. The molecule has 2 aromatic heterocycles. The van der Waals surface area contributed by atoms with Crippen LogP contribution in [0.4, 0.5) is 16.3 Å². The molecule has 2 aromatic rings. The fourth-order valence-corrected chi connectivity index (χ4v) is 3.43. The van der Waals surface area contributed by atoms with E-state index in [9.17, 15) is 4.79 Å². The van der Waals surface area contributed by atoms with Gasteiger partial charge in [-0.3, -0.25) is 4.90 Å². The number of hydrogen-bond donors (Lipinski definition) is 1. The minimum absolute atomic E-state index is 0.105. The lowest BCUT2D eigenvalue weighted by Crippen LogP contribution is -2.56. The van der Waals surface area contributed by atoms with Crippen LogP contribution < -0.4 is 15.5 Å². The SMILES string of the molecule is NC(=O)N1c2nccc(-c3cncnc3)c2N2CCCC1C2. The molecule has 1 unspecified atom stereocenters. The van der Waals surface area contributed by atoms with Crippen LogP contribution in [0.25, 0.3) is 11.1 Å². The van der Waals surface area contributed by atoms with E-state index in [4.69, 9.17) is 5.73 Å². The normalized spacial score (nSPS) is 19.7. The Morgan fingerprint density at radius 2 is 2.14 bits per heavy atom. The Bertz CT molecular complexity index is 719. The minimum Gasteiger partial charge on any atom is -0.366 e. The number of nitrogens with two attached hydrogens (primary N) is 1. The van der Waals surface area contributed by atoms with E-state index >= 15 is 0 Å². The van der Waals surface area contributed by atoms with E-state index in [0.29, 0.717) is 5.82 Å². The number of fused-ring (bicyclic) bond motifs is 4. The van der Waals surface area contributed by atoms with Gasteiger partial charge in [-0.25, -0.2) is 19.7 Å². The highest BCUT2D eigenvalue weighted by molar-refractivity contribution is 5.99. The Morgan fingerprint density at radius 3 is 2.91 bits per heavy atom. The third kappa shape index (κ3) is 1.89. The molecule has 2 aliphatic heterocycles. The maximum Gasteiger partial charge on any atom is 0.320 e. The van der Waals surface area contributed by atoms with Crippen molar-refractivity contribution in [2.24, 2.45) is 5.73 Å². The molecule has 7 nitrogen and oxygen atoms in total. The molecule has 7 heteroatoms. The molecule has 0 saturated carbocycles. The summed E-state index contributed by atoms with van der Waals surface area (Å²) in [6, 6.07) is 1.60. The maximum atomic E-state index is 11.9. The van der Waals surface area contributed by atoms with Gasteiger partial charge in [0.1, 0.15) is 6.33 Å². The molecular formula is C15H16N6O. The molecule has 2 N–H and O–H groups in total. The van der Waals surface area contributed by atoms with Crippen molar-refractivity contribution in [2.75, 3.05) is 22.9 Å². The molecule has 0 aliphatic carbocycles. The Kier molecular flexibility index (Phi) is 2.92. The monoisotopic (exact) mass is 296 g/mol. The first-order valence-electron chi connectivity index (χ1n) is 7.33. The second-order valence-corrected chi connectivity index (χ2v) is 5.61. The van der Waals surface area contributed by atoms with Gasteiger partial charge < -0.3 is 10.6 Å². The number of pyridine rings is 1. The lowest BCUT2D eigenvalue weighted by molar-refractivity contribution is 0.249.